The molecule has 1 aliphatic heterocycles. The number of unbranched alkanes of at least 4 members (excludes halogenated alkanes) is 2. The second-order valence-corrected chi connectivity index (χ2v) is 10.2. The molecular formula is C22H30FNO8S. The maximum absolute atomic E-state index is 13.8. The second-order valence-electron chi connectivity index (χ2n) is 8.33. The number of hydrogen-bond acceptors (Lipinski definition) is 7. The molecule has 1 aromatic rings. The van der Waals surface area contributed by atoms with E-state index >= 15 is 0 Å². The SMILES string of the molecule is CCCCCc1cc(F)ccc1NS(=O)(=O)C1CCC2(C=C1C(=O)O)O[C@H](CO)[C@@H](CO)O2. The van der Waals surface area contributed by atoms with Crippen LogP contribution in [0.25, 0.3) is 0 Å². The van der Waals surface area contributed by atoms with Crippen LogP contribution in [-0.2, 0) is 30.7 Å². The van der Waals surface area contributed by atoms with Crippen molar-refractivity contribution in [1.82, 2.24) is 0 Å². The number of ether oxygens (including phenoxy) is 2. The summed E-state index contributed by atoms with van der Waals surface area (Å²) in [5.74, 6) is -3.48. The average Bonchev–Trinajstić information content (AvgIpc) is 3.12. The third-order valence-electron chi connectivity index (χ3n) is 5.94. The van der Waals surface area contributed by atoms with E-state index < -0.39 is 63.8 Å². The van der Waals surface area contributed by atoms with Crippen molar-refractivity contribution < 1.29 is 42.4 Å². The van der Waals surface area contributed by atoms with Gasteiger partial charge in [0.25, 0.3) is 0 Å². The zero-order valence-electron chi connectivity index (χ0n) is 18.4. The van der Waals surface area contributed by atoms with Crippen LogP contribution in [0.2, 0.25) is 0 Å². The van der Waals surface area contributed by atoms with Crippen LogP contribution in [0.15, 0.2) is 29.8 Å². The van der Waals surface area contributed by atoms with Crippen LogP contribution in [0, 0.1) is 5.82 Å². The quantitative estimate of drug-likeness (QED) is 0.367. The summed E-state index contributed by atoms with van der Waals surface area (Å²) in [6, 6.07) is 3.76. The number of aliphatic hydroxyl groups is 2. The maximum atomic E-state index is 13.8. The molecule has 1 fully saturated rings. The van der Waals surface area contributed by atoms with Gasteiger partial charge >= 0.3 is 5.97 Å². The standard InChI is InChI=1S/C22H30FNO8S/c1-2-3-4-5-14-10-15(23)6-7-17(14)24-33(29,30)20-8-9-22(11-16(20)21(27)28)31-18(12-25)19(13-26)32-22/h6-7,10-11,18-20,24-26H,2-5,8-9,12-13H2,1H3,(H,27,28)/t18-,19-,20?/m1/s1. The van der Waals surface area contributed by atoms with Crippen molar-refractivity contribution in [1.29, 1.82) is 0 Å². The topological polar surface area (TPSA) is 142 Å². The molecule has 2 aliphatic rings. The van der Waals surface area contributed by atoms with Crippen molar-refractivity contribution in [2.24, 2.45) is 0 Å². The zero-order valence-corrected chi connectivity index (χ0v) is 19.2. The minimum absolute atomic E-state index is 0.00906. The molecule has 3 atom stereocenters. The number of halogens is 1. The van der Waals surface area contributed by atoms with Crippen molar-refractivity contribution in [3.8, 4) is 0 Å². The number of benzene rings is 1. The first-order valence-corrected chi connectivity index (χ1v) is 12.5. The van der Waals surface area contributed by atoms with Crippen molar-refractivity contribution >= 4 is 21.7 Å². The van der Waals surface area contributed by atoms with Gasteiger partial charge in [0.1, 0.15) is 23.3 Å². The lowest BCUT2D eigenvalue weighted by molar-refractivity contribution is -0.153. The van der Waals surface area contributed by atoms with Crippen LogP contribution in [0.4, 0.5) is 10.1 Å². The number of aliphatic carboxylic acids is 1. The Labute approximate surface area is 192 Å². The molecule has 184 valence electrons. The number of hydrogen-bond donors (Lipinski definition) is 4. The Morgan fingerprint density at radius 3 is 2.45 bits per heavy atom. The fourth-order valence-corrected chi connectivity index (χ4v) is 5.84. The number of aryl methyl sites for hydroxylation is 1. The van der Waals surface area contributed by atoms with E-state index in [0.29, 0.717) is 12.0 Å². The number of nitrogens with one attached hydrogen (secondary N) is 1. The summed E-state index contributed by atoms with van der Waals surface area (Å²) in [4.78, 5) is 12.0. The monoisotopic (exact) mass is 487 g/mol. The summed E-state index contributed by atoms with van der Waals surface area (Å²) >= 11 is 0. The predicted molar refractivity (Wildman–Crippen MR) is 118 cm³/mol. The van der Waals surface area contributed by atoms with E-state index in [9.17, 15) is 32.9 Å². The number of anilines is 1. The van der Waals surface area contributed by atoms with E-state index in [1.165, 1.54) is 12.1 Å². The minimum Gasteiger partial charge on any atom is -0.478 e. The largest absolute Gasteiger partial charge is 0.478 e. The highest BCUT2D eigenvalue weighted by atomic mass is 32.2. The molecule has 3 rings (SSSR count). The van der Waals surface area contributed by atoms with Gasteiger partial charge in [0.05, 0.1) is 24.5 Å². The molecule has 1 spiro atoms. The van der Waals surface area contributed by atoms with Crippen LogP contribution in [0.1, 0.15) is 44.6 Å². The Balaban J connectivity index is 1.88. The third-order valence-corrected chi connectivity index (χ3v) is 7.69. The van der Waals surface area contributed by atoms with Gasteiger partial charge in [-0.15, -0.1) is 0 Å². The molecule has 1 aliphatic carbocycles. The van der Waals surface area contributed by atoms with E-state index in [0.717, 1.165) is 31.4 Å². The zero-order chi connectivity index (χ0) is 24.2. The van der Waals surface area contributed by atoms with Crippen LogP contribution in [0.5, 0.6) is 0 Å². The highest BCUT2D eigenvalue weighted by Gasteiger charge is 2.51. The first-order chi connectivity index (χ1) is 15.6. The molecule has 0 saturated carbocycles. The Morgan fingerprint density at radius 1 is 1.21 bits per heavy atom. The molecule has 1 aromatic carbocycles. The molecule has 0 radical (unpaired) electrons. The van der Waals surface area contributed by atoms with Gasteiger partial charge in [-0.05, 0) is 49.1 Å². The number of carboxylic acids is 1. The molecule has 4 N–H and O–H groups in total. The van der Waals surface area contributed by atoms with Gasteiger partial charge in [-0.3, -0.25) is 4.72 Å². The lowest BCUT2D eigenvalue weighted by Gasteiger charge is -2.33. The molecule has 1 saturated heterocycles. The Morgan fingerprint density at radius 2 is 1.88 bits per heavy atom. The highest BCUT2D eigenvalue weighted by molar-refractivity contribution is 7.93. The summed E-state index contributed by atoms with van der Waals surface area (Å²) in [6.07, 6.45) is 2.35. The molecule has 1 unspecified atom stereocenters. The third kappa shape index (κ3) is 5.72. The Hall–Kier alpha value is -2.05. The lowest BCUT2D eigenvalue weighted by atomic mass is 9.94. The predicted octanol–water partition coefficient (Wildman–Crippen LogP) is 1.94. The molecule has 1 heterocycles. The summed E-state index contributed by atoms with van der Waals surface area (Å²) in [5.41, 5.74) is 0.282. The fourth-order valence-electron chi connectivity index (χ4n) is 4.26. The first kappa shape index (κ1) is 25.6. The van der Waals surface area contributed by atoms with Crippen LogP contribution < -0.4 is 4.72 Å². The van der Waals surface area contributed by atoms with Crippen LogP contribution in [-0.4, -0.2) is 66.2 Å². The van der Waals surface area contributed by atoms with Crippen LogP contribution in [0.3, 0.4) is 0 Å². The van der Waals surface area contributed by atoms with Crippen molar-refractivity contribution in [3.05, 3.63) is 41.2 Å². The van der Waals surface area contributed by atoms with Crippen molar-refractivity contribution in [2.75, 3.05) is 17.9 Å². The van der Waals surface area contributed by atoms with E-state index in [-0.39, 0.29) is 18.5 Å². The van der Waals surface area contributed by atoms with E-state index in [1.807, 2.05) is 6.92 Å². The number of carbonyl (C=O) groups is 1. The van der Waals surface area contributed by atoms with Gasteiger partial charge in [0.15, 0.2) is 5.79 Å². The summed E-state index contributed by atoms with van der Waals surface area (Å²) < 4.78 is 54.0. The molecule has 0 bridgehead atoms. The molecule has 11 heteroatoms. The smallest absolute Gasteiger partial charge is 0.332 e. The van der Waals surface area contributed by atoms with Crippen molar-refractivity contribution in [2.45, 2.75) is 68.7 Å². The van der Waals surface area contributed by atoms with Gasteiger partial charge in [-0.25, -0.2) is 17.6 Å². The van der Waals surface area contributed by atoms with Crippen LogP contribution >= 0.6 is 0 Å². The molecule has 0 aromatic heterocycles. The van der Waals surface area contributed by atoms with E-state index in [2.05, 4.69) is 4.72 Å². The minimum atomic E-state index is -4.21. The van der Waals surface area contributed by atoms with Crippen molar-refractivity contribution in [3.63, 3.8) is 0 Å². The first-order valence-electron chi connectivity index (χ1n) is 11.0. The fraction of sp³-hybridized carbons (Fsp3) is 0.591. The molecule has 9 nitrogen and oxygen atoms in total. The molecular weight excluding hydrogens is 457 g/mol. The summed E-state index contributed by atoms with van der Waals surface area (Å²) in [6.45, 7) is 1.13. The maximum Gasteiger partial charge on any atom is 0.332 e. The molecule has 0 amide bonds. The number of aliphatic hydroxyl groups excluding tert-OH is 2. The van der Waals surface area contributed by atoms with E-state index in [1.54, 1.807) is 0 Å². The molecule has 33 heavy (non-hydrogen) atoms. The second kappa shape index (κ2) is 10.5. The highest BCUT2D eigenvalue weighted by Crippen LogP contribution is 2.41. The summed E-state index contributed by atoms with van der Waals surface area (Å²) in [5, 5.41) is 27.2. The number of carboxylic acid groups (broad SMARTS) is 1. The van der Waals surface area contributed by atoms with Gasteiger partial charge in [0.2, 0.25) is 10.0 Å². The van der Waals surface area contributed by atoms with Gasteiger partial charge in [0, 0.05) is 6.42 Å². The average molecular weight is 488 g/mol. The number of sulfonamides is 1. The van der Waals surface area contributed by atoms with Gasteiger partial charge < -0.3 is 24.8 Å². The lowest BCUT2D eigenvalue weighted by Crippen LogP contribution is -2.42. The normalized spacial score (nSPS) is 24.6. The van der Waals surface area contributed by atoms with Gasteiger partial charge in [-0.1, -0.05) is 19.8 Å². The number of rotatable bonds is 10. The Kier molecular flexibility index (Phi) is 8.12. The van der Waals surface area contributed by atoms with Gasteiger partial charge in [-0.2, -0.15) is 0 Å². The summed E-state index contributed by atoms with van der Waals surface area (Å²) in [7, 11) is -4.21. The Bertz CT molecular complexity index is 984. The van der Waals surface area contributed by atoms with E-state index in [4.69, 9.17) is 9.47 Å².